The summed E-state index contributed by atoms with van der Waals surface area (Å²) < 4.78 is 1.22. The van der Waals surface area contributed by atoms with Crippen molar-refractivity contribution in [2.45, 2.75) is 32.0 Å². The van der Waals surface area contributed by atoms with E-state index in [-0.39, 0.29) is 25.0 Å². The Hall–Kier alpha value is -1.96. The van der Waals surface area contributed by atoms with Crippen molar-refractivity contribution in [3.05, 3.63) is 11.9 Å². The van der Waals surface area contributed by atoms with Gasteiger partial charge >= 0.3 is 5.97 Å². The molecule has 8 nitrogen and oxygen atoms in total. The summed E-state index contributed by atoms with van der Waals surface area (Å²) in [4.78, 5) is 22.1. The summed E-state index contributed by atoms with van der Waals surface area (Å²) in [7, 11) is 0. The number of hydrogen-bond donors (Lipinski definition) is 3. The topological polar surface area (TPSA) is 109 Å². The van der Waals surface area contributed by atoms with E-state index in [0.29, 0.717) is 5.69 Å². The van der Waals surface area contributed by atoms with Crippen LogP contribution in [0, 0.1) is 0 Å². The van der Waals surface area contributed by atoms with Crippen LogP contribution in [0.4, 0.5) is 0 Å². The molecule has 3 N–H and O–H groups in total. The Kier molecular flexibility index (Phi) is 3.88. The Morgan fingerprint density at radius 3 is 3.11 bits per heavy atom. The van der Waals surface area contributed by atoms with Gasteiger partial charge in [-0.15, -0.1) is 5.10 Å². The second-order valence-electron chi connectivity index (χ2n) is 4.17. The maximum Gasteiger partial charge on any atom is 0.325 e. The van der Waals surface area contributed by atoms with Gasteiger partial charge in [0.1, 0.15) is 12.2 Å². The number of rotatable bonds is 5. The van der Waals surface area contributed by atoms with E-state index in [1.54, 1.807) is 0 Å². The zero-order chi connectivity index (χ0) is 13.0. The minimum Gasteiger partial charge on any atom is -0.480 e. The quantitative estimate of drug-likeness (QED) is 0.603. The predicted molar refractivity (Wildman–Crippen MR) is 60.5 cm³/mol. The Balaban J connectivity index is 1.80. The van der Waals surface area contributed by atoms with Gasteiger partial charge in [0.2, 0.25) is 5.91 Å². The molecule has 1 amide bonds. The molecule has 0 radical (unpaired) electrons. The van der Waals surface area contributed by atoms with Gasteiger partial charge in [-0.2, -0.15) is 0 Å². The molecule has 0 saturated carbocycles. The van der Waals surface area contributed by atoms with Crippen LogP contribution in [0.25, 0.3) is 0 Å². The molecule has 18 heavy (non-hydrogen) atoms. The van der Waals surface area contributed by atoms with E-state index in [9.17, 15) is 9.59 Å². The van der Waals surface area contributed by atoms with Gasteiger partial charge in [-0.05, 0) is 19.4 Å². The standard InChI is InChI=1S/C10H15N5O3/c16-9(17)6-15-5-7(13-14-15)4-12-10(18)8-2-1-3-11-8/h5,8,11H,1-4,6H2,(H,12,18)(H,16,17). The monoisotopic (exact) mass is 253 g/mol. The lowest BCUT2D eigenvalue weighted by Crippen LogP contribution is -2.40. The van der Waals surface area contributed by atoms with Crippen molar-refractivity contribution in [3.63, 3.8) is 0 Å². The molecule has 8 heteroatoms. The number of amides is 1. The molecule has 1 unspecified atom stereocenters. The van der Waals surface area contributed by atoms with E-state index in [1.807, 2.05) is 0 Å². The highest BCUT2D eigenvalue weighted by atomic mass is 16.4. The summed E-state index contributed by atoms with van der Waals surface area (Å²) >= 11 is 0. The Labute approximate surface area is 103 Å². The largest absolute Gasteiger partial charge is 0.480 e. The predicted octanol–water partition coefficient (Wildman–Crippen LogP) is -1.27. The molecular weight excluding hydrogens is 238 g/mol. The minimum absolute atomic E-state index is 0.0553. The summed E-state index contributed by atoms with van der Waals surface area (Å²) in [6.07, 6.45) is 3.36. The van der Waals surface area contributed by atoms with E-state index in [1.165, 1.54) is 10.9 Å². The lowest BCUT2D eigenvalue weighted by atomic mass is 10.2. The molecule has 2 rings (SSSR count). The van der Waals surface area contributed by atoms with E-state index in [2.05, 4.69) is 20.9 Å². The zero-order valence-electron chi connectivity index (χ0n) is 9.80. The lowest BCUT2D eigenvalue weighted by molar-refractivity contribution is -0.138. The molecule has 1 aromatic rings. The van der Waals surface area contributed by atoms with Gasteiger partial charge < -0.3 is 15.7 Å². The molecule has 1 aliphatic rings. The number of nitrogens with zero attached hydrogens (tertiary/aromatic N) is 3. The second kappa shape index (κ2) is 5.58. The maximum atomic E-state index is 11.7. The summed E-state index contributed by atoms with van der Waals surface area (Å²) in [5, 5.41) is 21.8. The highest BCUT2D eigenvalue weighted by Gasteiger charge is 2.21. The number of carbonyl (C=O) groups is 2. The van der Waals surface area contributed by atoms with Gasteiger partial charge in [-0.25, -0.2) is 4.68 Å². The van der Waals surface area contributed by atoms with Gasteiger partial charge in [-0.1, -0.05) is 5.21 Å². The number of hydrogen-bond acceptors (Lipinski definition) is 5. The Morgan fingerprint density at radius 1 is 1.61 bits per heavy atom. The SMILES string of the molecule is O=C(O)Cn1cc(CNC(=O)C2CCCN2)nn1. The smallest absolute Gasteiger partial charge is 0.325 e. The molecule has 1 saturated heterocycles. The van der Waals surface area contributed by atoms with Gasteiger partial charge in [0.15, 0.2) is 0 Å². The average molecular weight is 253 g/mol. The van der Waals surface area contributed by atoms with Crippen LogP contribution in [0.5, 0.6) is 0 Å². The third-order valence-electron chi connectivity index (χ3n) is 2.70. The van der Waals surface area contributed by atoms with Crippen LogP contribution in [0.1, 0.15) is 18.5 Å². The molecule has 0 aromatic carbocycles. The molecule has 0 aliphatic carbocycles. The highest BCUT2D eigenvalue weighted by Crippen LogP contribution is 2.04. The number of carboxylic acids is 1. The van der Waals surface area contributed by atoms with E-state index < -0.39 is 5.97 Å². The molecule has 1 atom stereocenters. The third-order valence-corrected chi connectivity index (χ3v) is 2.70. The fourth-order valence-corrected chi connectivity index (χ4v) is 1.84. The fraction of sp³-hybridized carbons (Fsp3) is 0.600. The first kappa shape index (κ1) is 12.5. The van der Waals surface area contributed by atoms with E-state index in [0.717, 1.165) is 19.4 Å². The minimum atomic E-state index is -0.981. The first-order valence-electron chi connectivity index (χ1n) is 5.77. The van der Waals surface area contributed by atoms with Crippen molar-refractivity contribution < 1.29 is 14.7 Å². The summed E-state index contributed by atoms with van der Waals surface area (Å²) in [6, 6.07) is -0.126. The average Bonchev–Trinajstić information content (AvgIpc) is 2.95. The van der Waals surface area contributed by atoms with Crippen molar-refractivity contribution in [1.82, 2.24) is 25.6 Å². The second-order valence-corrected chi connectivity index (χ2v) is 4.17. The number of aliphatic carboxylic acids is 1. The van der Waals surface area contributed by atoms with E-state index >= 15 is 0 Å². The molecule has 0 bridgehead atoms. The molecule has 98 valence electrons. The van der Waals surface area contributed by atoms with Crippen LogP contribution in [0.15, 0.2) is 6.20 Å². The van der Waals surface area contributed by atoms with Crippen LogP contribution >= 0.6 is 0 Å². The van der Waals surface area contributed by atoms with Gasteiger partial charge in [0.25, 0.3) is 0 Å². The number of nitrogens with one attached hydrogen (secondary N) is 2. The van der Waals surface area contributed by atoms with Crippen LogP contribution in [0.2, 0.25) is 0 Å². The lowest BCUT2D eigenvalue weighted by Gasteiger charge is -2.09. The van der Waals surface area contributed by atoms with Crippen molar-refractivity contribution in [3.8, 4) is 0 Å². The fourth-order valence-electron chi connectivity index (χ4n) is 1.84. The third kappa shape index (κ3) is 3.27. The molecule has 0 spiro atoms. The van der Waals surface area contributed by atoms with Crippen LogP contribution in [-0.4, -0.2) is 44.6 Å². The van der Waals surface area contributed by atoms with E-state index in [4.69, 9.17) is 5.11 Å². The molecule has 2 heterocycles. The number of carbonyl (C=O) groups excluding carboxylic acids is 1. The zero-order valence-corrected chi connectivity index (χ0v) is 9.80. The first-order valence-corrected chi connectivity index (χ1v) is 5.77. The Bertz CT molecular complexity index is 438. The highest BCUT2D eigenvalue weighted by molar-refractivity contribution is 5.81. The van der Waals surface area contributed by atoms with Crippen LogP contribution < -0.4 is 10.6 Å². The molecule has 1 aromatic heterocycles. The normalized spacial score (nSPS) is 18.8. The summed E-state index contributed by atoms with van der Waals surface area (Å²) in [5.41, 5.74) is 0.544. The van der Waals surface area contributed by atoms with Gasteiger partial charge in [0, 0.05) is 0 Å². The van der Waals surface area contributed by atoms with Crippen molar-refractivity contribution >= 4 is 11.9 Å². The van der Waals surface area contributed by atoms with Crippen LogP contribution in [0.3, 0.4) is 0 Å². The molecule has 1 fully saturated rings. The first-order chi connectivity index (χ1) is 8.65. The van der Waals surface area contributed by atoms with Gasteiger partial charge in [-0.3, -0.25) is 9.59 Å². The molecule has 1 aliphatic heterocycles. The maximum absolute atomic E-state index is 11.7. The number of aromatic nitrogens is 3. The van der Waals surface area contributed by atoms with Gasteiger partial charge in [0.05, 0.1) is 18.8 Å². The van der Waals surface area contributed by atoms with Crippen LogP contribution in [-0.2, 0) is 22.7 Å². The van der Waals surface area contributed by atoms with Crippen molar-refractivity contribution in [2.75, 3.05) is 6.54 Å². The summed E-state index contributed by atoms with van der Waals surface area (Å²) in [6.45, 7) is 0.897. The summed E-state index contributed by atoms with van der Waals surface area (Å²) in [5.74, 6) is -1.04. The van der Waals surface area contributed by atoms with Crippen molar-refractivity contribution in [1.29, 1.82) is 0 Å². The number of carboxylic acid groups (broad SMARTS) is 1. The molecular formula is C10H15N5O3. The Morgan fingerprint density at radius 2 is 2.44 bits per heavy atom. The van der Waals surface area contributed by atoms with Crippen molar-refractivity contribution in [2.24, 2.45) is 0 Å².